The minimum atomic E-state index is -0.183. The lowest BCUT2D eigenvalue weighted by Gasteiger charge is -2.28. The number of allylic oxidation sites excluding steroid dienone is 2. The minimum Gasteiger partial charge on any atom is -0.627 e. The number of quaternary nitrogens is 1. The predicted molar refractivity (Wildman–Crippen MR) is 42.4 cm³/mol. The highest BCUT2D eigenvalue weighted by Gasteiger charge is 2.24. The highest BCUT2D eigenvalue weighted by atomic mass is 35.5. The van der Waals surface area contributed by atoms with E-state index in [2.05, 4.69) is 5.32 Å². The van der Waals surface area contributed by atoms with E-state index in [9.17, 15) is 5.21 Å². The molecule has 0 aromatic heterocycles. The fraction of sp³-hybridized carbons (Fsp3) is 0.143. The number of hydrogen-bond donors (Lipinski definition) is 2. The van der Waals surface area contributed by atoms with Gasteiger partial charge >= 0.3 is 0 Å². The summed E-state index contributed by atoms with van der Waals surface area (Å²) in [6, 6.07) is 0. The number of hydroxylamine groups is 2. The summed E-state index contributed by atoms with van der Waals surface area (Å²) in [5.41, 5.74) is 0.947. The average molecular weight is 171 g/mol. The zero-order chi connectivity index (χ0) is 7.84. The number of nitrogens with one attached hydrogen (secondary N) is 2. The van der Waals surface area contributed by atoms with Gasteiger partial charge in [-0.3, -0.25) is 0 Å². The van der Waals surface area contributed by atoms with Gasteiger partial charge in [-0.1, -0.05) is 11.6 Å². The third-order valence-corrected chi connectivity index (χ3v) is 1.96. The Hall–Kier alpha value is -0.770. The molecule has 0 spiro atoms. The van der Waals surface area contributed by atoms with Crippen LogP contribution in [0.5, 0.6) is 0 Å². The van der Waals surface area contributed by atoms with E-state index in [1.807, 2.05) is 6.08 Å². The smallest absolute Gasteiger partial charge is 0.191 e. The van der Waals surface area contributed by atoms with Crippen LogP contribution in [0.25, 0.3) is 0 Å². The van der Waals surface area contributed by atoms with E-state index in [1.54, 1.807) is 12.3 Å². The van der Waals surface area contributed by atoms with Crippen LogP contribution < -0.4 is 10.4 Å². The molecule has 2 heterocycles. The summed E-state index contributed by atoms with van der Waals surface area (Å²) in [7, 11) is 0. The van der Waals surface area contributed by atoms with Crippen LogP contribution >= 0.6 is 11.6 Å². The first-order chi connectivity index (χ1) is 5.27. The molecule has 0 amide bonds. The monoisotopic (exact) mass is 170 g/mol. The Kier molecular flexibility index (Phi) is 1.49. The van der Waals surface area contributed by atoms with Crippen LogP contribution in [0.3, 0.4) is 0 Å². The molecule has 11 heavy (non-hydrogen) atoms. The molecule has 0 aromatic carbocycles. The Morgan fingerprint density at radius 3 is 3.27 bits per heavy atom. The van der Waals surface area contributed by atoms with E-state index in [0.29, 0.717) is 5.03 Å². The van der Waals surface area contributed by atoms with Gasteiger partial charge in [-0.15, -0.1) is 0 Å². The minimum absolute atomic E-state index is 0.0255. The summed E-state index contributed by atoms with van der Waals surface area (Å²) in [6.07, 6.45) is 6.67. The normalized spacial score (nSPS) is 34.0. The number of halogens is 1. The van der Waals surface area contributed by atoms with Crippen LogP contribution in [-0.2, 0) is 0 Å². The second kappa shape index (κ2) is 2.37. The molecule has 0 saturated heterocycles. The number of hydrogen-bond acceptors (Lipinski definition) is 2. The van der Waals surface area contributed by atoms with E-state index in [4.69, 9.17) is 11.6 Å². The largest absolute Gasteiger partial charge is 0.627 e. The third-order valence-electron chi connectivity index (χ3n) is 1.74. The quantitative estimate of drug-likeness (QED) is 0.496. The first-order valence-corrected chi connectivity index (χ1v) is 3.70. The molecule has 0 fully saturated rings. The Balaban J connectivity index is 2.35. The predicted octanol–water partition coefficient (Wildman–Crippen LogP) is -0.168. The summed E-state index contributed by atoms with van der Waals surface area (Å²) in [5, 5.41) is 14.6. The Morgan fingerprint density at radius 1 is 1.64 bits per heavy atom. The van der Waals surface area contributed by atoms with Gasteiger partial charge in [0, 0.05) is 11.8 Å². The van der Waals surface area contributed by atoms with E-state index in [0.717, 1.165) is 5.57 Å². The van der Waals surface area contributed by atoms with Crippen molar-refractivity contribution in [3.05, 3.63) is 40.4 Å². The van der Waals surface area contributed by atoms with Crippen molar-refractivity contribution in [2.45, 2.75) is 6.17 Å². The molecule has 2 N–H and O–H groups in total. The maximum absolute atomic E-state index is 11.2. The maximum atomic E-state index is 11.2. The molecule has 2 rings (SSSR count). The van der Waals surface area contributed by atoms with Crippen LogP contribution in [0.15, 0.2) is 35.2 Å². The molecule has 3 nitrogen and oxygen atoms in total. The Labute approximate surface area is 69.2 Å². The molecule has 0 saturated carbocycles. The summed E-state index contributed by atoms with van der Waals surface area (Å²) in [4.78, 5) is 0. The maximum Gasteiger partial charge on any atom is 0.191 e. The fourth-order valence-corrected chi connectivity index (χ4v) is 1.46. The molecule has 0 aliphatic carbocycles. The third kappa shape index (κ3) is 1.07. The van der Waals surface area contributed by atoms with Crippen molar-refractivity contribution in [3.8, 4) is 0 Å². The van der Waals surface area contributed by atoms with Gasteiger partial charge < -0.3 is 15.6 Å². The van der Waals surface area contributed by atoms with Gasteiger partial charge in [0.1, 0.15) is 6.20 Å². The molecule has 0 aromatic rings. The highest BCUT2D eigenvalue weighted by Crippen LogP contribution is 2.15. The second-order valence-corrected chi connectivity index (χ2v) is 2.95. The topological polar surface area (TPSA) is 39.5 Å². The lowest BCUT2D eigenvalue weighted by molar-refractivity contribution is -0.817. The summed E-state index contributed by atoms with van der Waals surface area (Å²) >= 11 is 5.68. The Bertz CT molecular complexity index is 270. The number of fused-ring (bicyclic) bond motifs is 1. The zero-order valence-corrected chi connectivity index (χ0v) is 6.43. The molecular formula is C7H7ClN2O. The van der Waals surface area contributed by atoms with Crippen LogP contribution in [0, 0.1) is 5.21 Å². The van der Waals surface area contributed by atoms with Crippen LogP contribution in [-0.4, -0.2) is 6.17 Å². The van der Waals surface area contributed by atoms with Crippen LogP contribution in [0.2, 0.25) is 0 Å². The second-order valence-electron chi connectivity index (χ2n) is 2.51. The number of rotatable bonds is 0. The SMILES string of the molecule is [O-][NH+]1C=C(Cl)C=C2C=CNC21. The van der Waals surface area contributed by atoms with Crippen molar-refractivity contribution in [1.29, 1.82) is 0 Å². The van der Waals surface area contributed by atoms with Gasteiger partial charge in [-0.2, -0.15) is 0 Å². The van der Waals surface area contributed by atoms with E-state index < -0.39 is 0 Å². The van der Waals surface area contributed by atoms with Crippen molar-refractivity contribution < 1.29 is 5.06 Å². The Morgan fingerprint density at radius 2 is 2.45 bits per heavy atom. The van der Waals surface area contributed by atoms with Gasteiger partial charge in [0.05, 0.1) is 5.03 Å². The lowest BCUT2D eigenvalue weighted by atomic mass is 10.2. The van der Waals surface area contributed by atoms with E-state index >= 15 is 0 Å². The van der Waals surface area contributed by atoms with Crippen molar-refractivity contribution in [2.75, 3.05) is 0 Å². The first kappa shape index (κ1) is 6.91. The molecule has 2 atom stereocenters. The van der Waals surface area contributed by atoms with Crippen LogP contribution in [0.1, 0.15) is 0 Å². The first-order valence-electron chi connectivity index (χ1n) is 3.32. The standard InChI is InChI=1S/C7H7ClN2O/c8-6-3-5-1-2-9-7(5)10(11)4-6/h1-4,7,9-10H. The molecule has 0 bridgehead atoms. The molecule has 2 aliphatic heterocycles. The van der Waals surface area contributed by atoms with Crippen molar-refractivity contribution in [3.63, 3.8) is 0 Å². The lowest BCUT2D eigenvalue weighted by Crippen LogP contribution is -3.09. The molecule has 2 unspecified atom stereocenters. The van der Waals surface area contributed by atoms with Crippen molar-refractivity contribution in [2.24, 2.45) is 0 Å². The van der Waals surface area contributed by atoms with Gasteiger partial charge in [0.2, 0.25) is 0 Å². The van der Waals surface area contributed by atoms with E-state index in [1.165, 1.54) is 6.20 Å². The molecule has 2 aliphatic rings. The molecule has 0 radical (unpaired) electrons. The summed E-state index contributed by atoms with van der Waals surface area (Å²) in [5.74, 6) is 0. The molecule has 58 valence electrons. The molecule has 4 heteroatoms. The zero-order valence-electron chi connectivity index (χ0n) is 5.67. The van der Waals surface area contributed by atoms with E-state index in [-0.39, 0.29) is 11.2 Å². The highest BCUT2D eigenvalue weighted by molar-refractivity contribution is 6.31. The van der Waals surface area contributed by atoms with Gasteiger partial charge in [0.25, 0.3) is 0 Å². The van der Waals surface area contributed by atoms with Crippen molar-refractivity contribution >= 4 is 11.6 Å². The van der Waals surface area contributed by atoms with Gasteiger partial charge in [-0.05, 0) is 12.2 Å². The van der Waals surface area contributed by atoms with Crippen molar-refractivity contribution in [1.82, 2.24) is 5.32 Å². The summed E-state index contributed by atoms with van der Waals surface area (Å²) < 4.78 is 0. The van der Waals surface area contributed by atoms with Gasteiger partial charge in [-0.25, -0.2) is 0 Å². The summed E-state index contributed by atoms with van der Waals surface area (Å²) in [6.45, 7) is 0. The van der Waals surface area contributed by atoms with Crippen LogP contribution in [0.4, 0.5) is 0 Å². The average Bonchev–Trinajstić information content (AvgIpc) is 2.34. The van der Waals surface area contributed by atoms with Gasteiger partial charge in [0.15, 0.2) is 6.17 Å². The fourth-order valence-electron chi connectivity index (χ4n) is 1.23. The molecular weight excluding hydrogens is 164 g/mol.